The van der Waals surface area contributed by atoms with Gasteiger partial charge >= 0.3 is 0 Å². The molecule has 4 aromatic rings. The molecule has 0 fully saturated rings. The molecule has 30 heavy (non-hydrogen) atoms. The van der Waals surface area contributed by atoms with Crippen LogP contribution < -0.4 is 10.1 Å². The molecule has 0 bridgehead atoms. The summed E-state index contributed by atoms with van der Waals surface area (Å²) in [7, 11) is 1.49. The summed E-state index contributed by atoms with van der Waals surface area (Å²) >= 11 is 1.56. The molecule has 0 saturated heterocycles. The van der Waals surface area contributed by atoms with Crippen molar-refractivity contribution in [1.29, 1.82) is 0 Å². The molecule has 2 N–H and O–H groups in total. The van der Waals surface area contributed by atoms with Crippen molar-refractivity contribution < 1.29 is 18.3 Å². The van der Waals surface area contributed by atoms with Crippen LogP contribution in [0.2, 0.25) is 0 Å². The predicted molar refractivity (Wildman–Crippen MR) is 113 cm³/mol. The second-order valence-corrected chi connectivity index (χ2v) is 7.48. The zero-order valence-electron chi connectivity index (χ0n) is 15.9. The van der Waals surface area contributed by atoms with Gasteiger partial charge in [-0.25, -0.2) is 8.78 Å². The molecule has 2 aromatic carbocycles. The van der Waals surface area contributed by atoms with Gasteiger partial charge in [0.1, 0.15) is 5.75 Å². The minimum Gasteiger partial charge on any atom is -0.495 e. The lowest BCUT2D eigenvalue weighted by atomic mass is 10.1. The van der Waals surface area contributed by atoms with E-state index in [1.54, 1.807) is 35.6 Å². The summed E-state index contributed by atoms with van der Waals surface area (Å²) in [4.78, 5) is 13.8. The second-order valence-electron chi connectivity index (χ2n) is 6.45. The van der Waals surface area contributed by atoms with Crippen molar-refractivity contribution in [3.05, 3.63) is 81.2 Å². The zero-order chi connectivity index (χ0) is 21.1. The molecule has 2 aromatic heterocycles. The summed E-state index contributed by atoms with van der Waals surface area (Å²) in [5.74, 6) is -1.71. The number of ether oxygens (including phenoxy) is 1. The third-order valence-corrected chi connectivity index (χ3v) is 5.42. The van der Waals surface area contributed by atoms with Gasteiger partial charge in [-0.15, -0.1) is 11.3 Å². The van der Waals surface area contributed by atoms with Crippen LogP contribution in [-0.2, 0) is 6.54 Å². The number of thiophene rings is 1. The fourth-order valence-corrected chi connectivity index (χ4v) is 3.73. The van der Waals surface area contributed by atoms with E-state index < -0.39 is 11.6 Å². The minimum absolute atomic E-state index is 0.265. The van der Waals surface area contributed by atoms with Crippen LogP contribution in [0.25, 0.3) is 23.1 Å². The SMILES string of the molecule is COc1c(C(=O)NCc2cccs2)ccc2[nH]nc(C=Cc3ccc(F)c(F)c3)c12. The van der Waals surface area contributed by atoms with Gasteiger partial charge in [0.25, 0.3) is 5.91 Å². The number of rotatable bonds is 6. The average molecular weight is 425 g/mol. The molecule has 2 heterocycles. The molecule has 0 aliphatic rings. The fourth-order valence-electron chi connectivity index (χ4n) is 3.08. The van der Waals surface area contributed by atoms with Crippen LogP contribution in [-0.4, -0.2) is 23.2 Å². The van der Waals surface area contributed by atoms with E-state index in [-0.39, 0.29) is 5.91 Å². The number of aromatic amines is 1. The van der Waals surface area contributed by atoms with Crippen LogP contribution in [0.3, 0.4) is 0 Å². The number of nitrogens with zero attached hydrogens (tertiary/aromatic N) is 1. The highest BCUT2D eigenvalue weighted by atomic mass is 32.1. The van der Waals surface area contributed by atoms with E-state index in [1.807, 2.05) is 17.5 Å². The lowest BCUT2D eigenvalue weighted by Crippen LogP contribution is -2.22. The monoisotopic (exact) mass is 425 g/mol. The van der Waals surface area contributed by atoms with E-state index in [4.69, 9.17) is 4.74 Å². The Kier molecular flexibility index (Phi) is 5.58. The summed E-state index contributed by atoms with van der Waals surface area (Å²) in [5, 5.41) is 12.6. The molecule has 0 aliphatic carbocycles. The molecular weight excluding hydrogens is 408 g/mol. The Morgan fingerprint density at radius 1 is 1.20 bits per heavy atom. The van der Waals surface area contributed by atoms with E-state index in [9.17, 15) is 13.6 Å². The summed E-state index contributed by atoms with van der Waals surface area (Å²) < 4.78 is 32.1. The highest BCUT2D eigenvalue weighted by Gasteiger charge is 2.18. The summed E-state index contributed by atoms with van der Waals surface area (Å²) in [6, 6.07) is 10.9. The maximum Gasteiger partial charge on any atom is 0.255 e. The van der Waals surface area contributed by atoms with Crippen LogP contribution in [0.1, 0.15) is 26.5 Å². The molecule has 0 atom stereocenters. The van der Waals surface area contributed by atoms with Gasteiger partial charge in [0.2, 0.25) is 0 Å². The highest BCUT2D eigenvalue weighted by Crippen LogP contribution is 2.32. The Hall–Kier alpha value is -3.52. The van der Waals surface area contributed by atoms with Crippen molar-refractivity contribution in [2.75, 3.05) is 7.11 Å². The molecule has 8 heteroatoms. The number of halogens is 2. The first-order valence-corrected chi connectivity index (χ1v) is 9.93. The number of carbonyl (C=O) groups excluding carboxylic acids is 1. The Labute approximate surface area is 175 Å². The van der Waals surface area contributed by atoms with E-state index in [2.05, 4.69) is 15.5 Å². The number of hydrogen-bond acceptors (Lipinski definition) is 4. The Morgan fingerprint density at radius 3 is 2.80 bits per heavy atom. The van der Waals surface area contributed by atoms with Gasteiger partial charge in [0, 0.05) is 4.88 Å². The van der Waals surface area contributed by atoms with Gasteiger partial charge in [0.15, 0.2) is 11.6 Å². The zero-order valence-corrected chi connectivity index (χ0v) is 16.7. The molecule has 4 rings (SSSR count). The largest absolute Gasteiger partial charge is 0.495 e. The Morgan fingerprint density at radius 2 is 2.07 bits per heavy atom. The lowest BCUT2D eigenvalue weighted by molar-refractivity contribution is 0.0948. The molecule has 0 aliphatic heterocycles. The lowest BCUT2D eigenvalue weighted by Gasteiger charge is -2.10. The van der Waals surface area contributed by atoms with Crippen LogP contribution in [0, 0.1) is 11.6 Å². The summed E-state index contributed by atoms with van der Waals surface area (Å²) in [6.07, 6.45) is 3.27. The average Bonchev–Trinajstić information content (AvgIpc) is 3.42. The topological polar surface area (TPSA) is 67.0 Å². The number of carbonyl (C=O) groups is 1. The molecule has 1 amide bonds. The molecule has 0 saturated carbocycles. The molecule has 0 spiro atoms. The van der Waals surface area contributed by atoms with Gasteiger partial charge in [-0.1, -0.05) is 18.2 Å². The molecular formula is C22H17F2N3O2S. The number of amides is 1. The summed E-state index contributed by atoms with van der Waals surface area (Å²) in [5.41, 5.74) is 2.06. The van der Waals surface area contributed by atoms with Gasteiger partial charge in [-0.3, -0.25) is 9.89 Å². The minimum atomic E-state index is -0.925. The predicted octanol–water partition coefficient (Wildman–Crippen LogP) is 5.01. The van der Waals surface area contributed by atoms with Crippen LogP contribution in [0.4, 0.5) is 8.78 Å². The smallest absolute Gasteiger partial charge is 0.255 e. The van der Waals surface area contributed by atoms with Crippen molar-refractivity contribution >= 4 is 40.3 Å². The van der Waals surface area contributed by atoms with Crippen molar-refractivity contribution in [2.24, 2.45) is 0 Å². The van der Waals surface area contributed by atoms with Crippen LogP contribution >= 0.6 is 11.3 Å². The number of benzene rings is 2. The molecule has 0 unspecified atom stereocenters. The van der Waals surface area contributed by atoms with E-state index in [1.165, 1.54) is 13.2 Å². The van der Waals surface area contributed by atoms with Crippen molar-refractivity contribution in [3.8, 4) is 5.75 Å². The van der Waals surface area contributed by atoms with E-state index >= 15 is 0 Å². The summed E-state index contributed by atoms with van der Waals surface area (Å²) in [6.45, 7) is 0.423. The first kappa shape index (κ1) is 19.8. The molecule has 0 radical (unpaired) electrons. The number of aromatic nitrogens is 2. The third kappa shape index (κ3) is 3.95. The first-order chi connectivity index (χ1) is 14.6. The number of nitrogens with one attached hydrogen (secondary N) is 2. The number of methoxy groups -OCH3 is 1. The third-order valence-electron chi connectivity index (χ3n) is 4.54. The number of H-pyrrole nitrogens is 1. The highest BCUT2D eigenvalue weighted by molar-refractivity contribution is 7.09. The fraction of sp³-hybridized carbons (Fsp3) is 0.0909. The second kappa shape index (κ2) is 8.46. The van der Waals surface area contributed by atoms with Gasteiger partial charge in [-0.2, -0.15) is 5.10 Å². The number of fused-ring (bicyclic) bond motifs is 1. The van der Waals surface area contributed by atoms with Crippen LogP contribution in [0.5, 0.6) is 5.75 Å². The molecule has 5 nitrogen and oxygen atoms in total. The van der Waals surface area contributed by atoms with Crippen molar-refractivity contribution in [1.82, 2.24) is 15.5 Å². The maximum atomic E-state index is 13.4. The Balaban J connectivity index is 1.66. The maximum absolute atomic E-state index is 13.4. The van der Waals surface area contributed by atoms with Crippen molar-refractivity contribution in [2.45, 2.75) is 6.54 Å². The van der Waals surface area contributed by atoms with E-state index in [0.717, 1.165) is 17.0 Å². The van der Waals surface area contributed by atoms with Gasteiger partial charge in [-0.05, 0) is 47.4 Å². The van der Waals surface area contributed by atoms with Gasteiger partial charge < -0.3 is 10.1 Å². The quantitative estimate of drug-likeness (QED) is 0.456. The van der Waals surface area contributed by atoms with Crippen LogP contribution in [0.15, 0.2) is 47.8 Å². The van der Waals surface area contributed by atoms with Gasteiger partial charge in [0.05, 0.1) is 35.8 Å². The first-order valence-electron chi connectivity index (χ1n) is 9.05. The normalized spacial score (nSPS) is 11.3. The Bertz CT molecular complexity index is 1230. The standard InChI is InChI=1S/C22H17F2N3O2S/c1-29-21-15(22(28)25-12-14-3-2-10-30-14)6-9-19-20(21)18(26-27-19)8-5-13-4-7-16(23)17(24)11-13/h2-11H,12H2,1H3,(H,25,28)(H,26,27). The molecule has 152 valence electrons. The number of hydrogen-bond donors (Lipinski definition) is 2. The van der Waals surface area contributed by atoms with E-state index in [0.29, 0.717) is 40.0 Å². The van der Waals surface area contributed by atoms with Crippen molar-refractivity contribution in [3.63, 3.8) is 0 Å².